The van der Waals surface area contributed by atoms with Crippen LogP contribution in [0.25, 0.3) is 0 Å². The van der Waals surface area contributed by atoms with Gasteiger partial charge in [-0.05, 0) is 54.4 Å². The van der Waals surface area contributed by atoms with Crippen molar-refractivity contribution in [3.63, 3.8) is 0 Å². The van der Waals surface area contributed by atoms with Crippen molar-refractivity contribution in [2.75, 3.05) is 6.54 Å². The summed E-state index contributed by atoms with van der Waals surface area (Å²) in [6, 6.07) is 4.87. The van der Waals surface area contributed by atoms with Crippen molar-refractivity contribution >= 4 is 5.97 Å². The monoisotopic (exact) mass is 421 g/mol. The number of alkyl halides is 3. The molecule has 0 bridgehead atoms. The lowest BCUT2D eigenvalue weighted by Gasteiger charge is -2.46. The van der Waals surface area contributed by atoms with Crippen molar-refractivity contribution in [1.29, 1.82) is 0 Å². The molecule has 1 unspecified atom stereocenters. The average Bonchev–Trinajstić information content (AvgIpc) is 2.60. The lowest BCUT2D eigenvalue weighted by atomic mass is 9.79. The fourth-order valence-electron chi connectivity index (χ4n) is 4.01. The summed E-state index contributed by atoms with van der Waals surface area (Å²) in [4.78, 5) is 13.5. The predicted molar refractivity (Wildman–Crippen MR) is 112 cm³/mol. The van der Waals surface area contributed by atoms with Gasteiger partial charge in [0.05, 0.1) is 11.6 Å². The van der Waals surface area contributed by atoms with Crippen molar-refractivity contribution in [2.45, 2.75) is 65.2 Å². The van der Waals surface area contributed by atoms with E-state index in [0.717, 1.165) is 23.3 Å². The van der Waals surface area contributed by atoms with Crippen molar-refractivity contribution < 1.29 is 23.1 Å². The Labute approximate surface area is 177 Å². The molecular weight excluding hydrogens is 391 g/mol. The van der Waals surface area contributed by atoms with Gasteiger partial charge in [0, 0.05) is 19.0 Å². The van der Waals surface area contributed by atoms with Gasteiger partial charge in [-0.25, -0.2) is 0 Å². The number of piperidine rings is 1. The average molecular weight is 422 g/mol. The Morgan fingerprint density at radius 1 is 1.27 bits per heavy atom. The number of nitrogens with zero attached hydrogens (tertiary/aromatic N) is 1. The molecule has 164 valence electrons. The number of likely N-dealkylation sites (tertiary alicyclic amines) is 1. The maximum Gasteiger partial charge on any atom is 0.416 e. The highest BCUT2D eigenvalue weighted by Crippen LogP contribution is 2.41. The maximum absolute atomic E-state index is 13.0. The van der Waals surface area contributed by atoms with E-state index in [9.17, 15) is 23.1 Å². The molecule has 1 fully saturated rings. The second kappa shape index (κ2) is 9.26. The molecule has 2 rings (SSSR count). The minimum absolute atomic E-state index is 0.0271. The zero-order valence-electron chi connectivity index (χ0n) is 18.0. The van der Waals surface area contributed by atoms with E-state index < -0.39 is 17.7 Å². The van der Waals surface area contributed by atoms with Crippen molar-refractivity contribution in [3.05, 3.63) is 47.5 Å². The zero-order valence-corrected chi connectivity index (χ0v) is 18.0. The van der Waals surface area contributed by atoms with E-state index in [0.29, 0.717) is 19.4 Å². The molecule has 0 spiro atoms. The molecule has 1 aliphatic rings. The van der Waals surface area contributed by atoms with Gasteiger partial charge in [0.25, 0.3) is 0 Å². The number of aliphatic carboxylic acids is 1. The van der Waals surface area contributed by atoms with Gasteiger partial charge in [-0.15, -0.1) is 0 Å². The van der Waals surface area contributed by atoms with Crippen molar-refractivity contribution in [2.24, 2.45) is 11.3 Å². The van der Waals surface area contributed by atoms with E-state index in [4.69, 9.17) is 0 Å². The van der Waals surface area contributed by atoms with Crippen LogP contribution in [0.3, 0.4) is 0 Å². The maximum atomic E-state index is 13.0. The van der Waals surface area contributed by atoms with E-state index >= 15 is 0 Å². The van der Waals surface area contributed by atoms with Crippen LogP contribution in [0.5, 0.6) is 0 Å². The summed E-state index contributed by atoms with van der Waals surface area (Å²) < 4.78 is 39.0. The highest BCUT2D eigenvalue weighted by Gasteiger charge is 2.39. The van der Waals surface area contributed by atoms with Crippen LogP contribution in [0.4, 0.5) is 13.2 Å². The third kappa shape index (κ3) is 6.37. The first kappa shape index (κ1) is 24.0. The van der Waals surface area contributed by atoms with Gasteiger partial charge in [0.2, 0.25) is 0 Å². The molecule has 3 atom stereocenters. The summed E-state index contributed by atoms with van der Waals surface area (Å²) in [7, 11) is 0. The molecule has 0 saturated carbocycles. The van der Waals surface area contributed by atoms with E-state index in [2.05, 4.69) is 44.1 Å². The minimum atomic E-state index is -4.39. The number of carboxylic acids is 1. The van der Waals surface area contributed by atoms with Crippen LogP contribution in [0, 0.1) is 23.2 Å². The second-order valence-corrected chi connectivity index (χ2v) is 9.18. The lowest BCUT2D eigenvalue weighted by Crippen LogP contribution is -2.49. The Morgan fingerprint density at radius 2 is 1.87 bits per heavy atom. The molecule has 6 heteroatoms. The van der Waals surface area contributed by atoms with Gasteiger partial charge in [-0.1, -0.05) is 51.3 Å². The number of benzene rings is 1. The standard InChI is InChI=1S/C24H30F3NO2/c1-16(2)6-11-21(23(3,4)5)28-13-12-17(15-22(29)30)14-20(28)18-7-9-19(10-8-18)24(25,26)27/h7-10,17,20-21H,1,12-15H2,2-5H3,(H,29,30)/t17-,20+,21?/m1/s1. The fourth-order valence-corrected chi connectivity index (χ4v) is 4.01. The summed E-state index contributed by atoms with van der Waals surface area (Å²) in [5.74, 6) is 5.49. The Bertz CT molecular complexity index is 825. The molecule has 0 amide bonds. The van der Waals surface area contributed by atoms with Crippen LogP contribution in [-0.4, -0.2) is 28.6 Å². The SMILES string of the molecule is C=C(C)C#CC(N1CC[C@@H](CC(=O)O)C[C@H]1c1ccc(C(F)(F)F)cc1)C(C)(C)C. The zero-order chi connectivity index (χ0) is 22.7. The first-order valence-electron chi connectivity index (χ1n) is 10.1. The second-order valence-electron chi connectivity index (χ2n) is 9.18. The first-order valence-corrected chi connectivity index (χ1v) is 10.1. The number of allylic oxidation sites excluding steroid dienone is 1. The summed E-state index contributed by atoms with van der Waals surface area (Å²) in [5.41, 5.74) is 0.609. The number of carboxylic acid groups (broad SMARTS) is 1. The summed E-state index contributed by atoms with van der Waals surface area (Å²) in [6.07, 6.45) is -3.05. The molecule has 3 nitrogen and oxygen atoms in total. The van der Waals surface area contributed by atoms with E-state index in [-0.39, 0.29) is 29.8 Å². The summed E-state index contributed by atoms with van der Waals surface area (Å²) >= 11 is 0. The van der Waals surface area contributed by atoms with Gasteiger partial charge in [0.1, 0.15) is 0 Å². The molecule has 1 aromatic carbocycles. The first-order chi connectivity index (χ1) is 13.8. The van der Waals surface area contributed by atoms with Crippen LogP contribution in [0.2, 0.25) is 0 Å². The molecule has 0 radical (unpaired) electrons. The van der Waals surface area contributed by atoms with Crippen LogP contribution >= 0.6 is 0 Å². The smallest absolute Gasteiger partial charge is 0.416 e. The number of hydrogen-bond acceptors (Lipinski definition) is 2. The Kier molecular flexibility index (Phi) is 7.41. The third-order valence-electron chi connectivity index (χ3n) is 5.41. The molecule has 0 aliphatic carbocycles. The van der Waals surface area contributed by atoms with Crippen LogP contribution in [0.15, 0.2) is 36.4 Å². The van der Waals surface area contributed by atoms with Gasteiger partial charge >= 0.3 is 12.1 Å². The highest BCUT2D eigenvalue weighted by atomic mass is 19.4. The van der Waals surface area contributed by atoms with Crippen molar-refractivity contribution in [3.8, 4) is 11.8 Å². The number of hydrogen-bond donors (Lipinski definition) is 1. The molecule has 1 saturated heterocycles. The molecular formula is C24H30F3NO2. The third-order valence-corrected chi connectivity index (χ3v) is 5.41. The van der Waals surface area contributed by atoms with Crippen LogP contribution in [-0.2, 0) is 11.0 Å². The molecule has 30 heavy (non-hydrogen) atoms. The Balaban J connectivity index is 2.45. The molecule has 1 aromatic rings. The van der Waals surface area contributed by atoms with Gasteiger partial charge in [-0.3, -0.25) is 9.69 Å². The lowest BCUT2D eigenvalue weighted by molar-refractivity contribution is -0.139. The number of carbonyl (C=O) groups is 1. The fraction of sp³-hybridized carbons (Fsp3) is 0.542. The Morgan fingerprint density at radius 3 is 2.33 bits per heavy atom. The van der Waals surface area contributed by atoms with E-state index in [1.165, 1.54) is 12.1 Å². The van der Waals surface area contributed by atoms with Crippen LogP contribution < -0.4 is 0 Å². The van der Waals surface area contributed by atoms with Gasteiger partial charge in [0.15, 0.2) is 0 Å². The quantitative estimate of drug-likeness (QED) is 0.613. The normalized spacial score (nSPS) is 21.4. The number of rotatable bonds is 4. The number of halogens is 3. The Hall–Kier alpha value is -2.26. The molecule has 1 heterocycles. The summed E-state index contributed by atoms with van der Waals surface area (Å²) in [6.45, 7) is 12.6. The topological polar surface area (TPSA) is 40.5 Å². The highest BCUT2D eigenvalue weighted by molar-refractivity contribution is 5.67. The van der Waals surface area contributed by atoms with Gasteiger partial charge in [-0.2, -0.15) is 13.2 Å². The summed E-state index contributed by atoms with van der Waals surface area (Å²) in [5, 5.41) is 9.23. The van der Waals surface area contributed by atoms with Gasteiger partial charge < -0.3 is 5.11 Å². The molecule has 1 aliphatic heterocycles. The van der Waals surface area contributed by atoms with E-state index in [1.54, 1.807) is 0 Å². The predicted octanol–water partition coefficient (Wildman–Crippen LogP) is 5.93. The van der Waals surface area contributed by atoms with E-state index in [1.807, 2.05) is 6.92 Å². The van der Waals surface area contributed by atoms with Crippen LogP contribution in [0.1, 0.15) is 64.1 Å². The van der Waals surface area contributed by atoms with Crippen molar-refractivity contribution in [1.82, 2.24) is 4.90 Å². The molecule has 1 N–H and O–H groups in total. The molecule has 0 aromatic heterocycles. The minimum Gasteiger partial charge on any atom is -0.481 e. The largest absolute Gasteiger partial charge is 0.481 e.